The van der Waals surface area contributed by atoms with Gasteiger partial charge >= 0.3 is 0 Å². The van der Waals surface area contributed by atoms with Crippen LogP contribution < -0.4 is 0 Å². The lowest BCUT2D eigenvalue weighted by Crippen LogP contribution is -2.17. The quantitative estimate of drug-likeness (QED) is 0.678. The Balaban J connectivity index is 2.35. The molecule has 0 N–H and O–H groups in total. The average Bonchev–Trinajstić information content (AvgIpc) is 2.57. The maximum atomic E-state index is 4.73. The van der Waals surface area contributed by atoms with E-state index in [0.29, 0.717) is 0 Å². The van der Waals surface area contributed by atoms with Crippen LogP contribution in [-0.4, -0.2) is 9.97 Å². The molecule has 0 saturated carbocycles. The zero-order chi connectivity index (χ0) is 12.8. The van der Waals surface area contributed by atoms with E-state index in [4.69, 9.17) is 4.98 Å². The summed E-state index contributed by atoms with van der Waals surface area (Å²) in [6, 6.07) is 0. The number of nitrogens with zero attached hydrogens (tertiary/aromatic N) is 2. The van der Waals surface area contributed by atoms with Crippen molar-refractivity contribution >= 4 is 6.08 Å². The van der Waals surface area contributed by atoms with Crippen molar-refractivity contribution in [2.75, 3.05) is 0 Å². The average molecular weight is 230 g/mol. The van der Waals surface area contributed by atoms with Crippen molar-refractivity contribution in [2.24, 2.45) is 5.41 Å². The van der Waals surface area contributed by atoms with Crippen molar-refractivity contribution in [3.05, 3.63) is 28.9 Å². The van der Waals surface area contributed by atoms with Crippen LogP contribution in [0.25, 0.3) is 6.08 Å². The van der Waals surface area contributed by atoms with Gasteiger partial charge in [-0.05, 0) is 5.41 Å². The lowest BCUT2D eigenvalue weighted by Gasteiger charge is -2.20. The summed E-state index contributed by atoms with van der Waals surface area (Å²) in [6.45, 7) is 13.2. The minimum Gasteiger partial charge on any atom is -0.240 e. The van der Waals surface area contributed by atoms with Crippen molar-refractivity contribution in [1.82, 2.24) is 9.97 Å². The van der Waals surface area contributed by atoms with Gasteiger partial charge in [0.2, 0.25) is 0 Å². The molecule has 0 atom stereocenters. The van der Waals surface area contributed by atoms with Crippen molar-refractivity contribution in [1.29, 1.82) is 0 Å². The molecule has 0 aliphatic heterocycles. The van der Waals surface area contributed by atoms with E-state index >= 15 is 0 Å². The van der Waals surface area contributed by atoms with Gasteiger partial charge < -0.3 is 0 Å². The van der Waals surface area contributed by atoms with Crippen molar-refractivity contribution < 1.29 is 0 Å². The molecule has 0 amide bonds. The second-order valence-corrected chi connectivity index (χ2v) is 6.94. The minimum atomic E-state index is 0.0273. The lowest BCUT2D eigenvalue weighted by molar-refractivity contribution is 0.495. The Morgan fingerprint density at radius 2 is 1.65 bits per heavy atom. The van der Waals surface area contributed by atoms with Gasteiger partial charge in [-0.15, -0.1) is 0 Å². The zero-order valence-electron chi connectivity index (χ0n) is 11.8. The number of allylic oxidation sites excluding steroid dienone is 1. The molecule has 0 bridgehead atoms. The lowest BCUT2D eigenvalue weighted by atomic mass is 9.86. The molecule has 2 heteroatoms. The van der Waals surface area contributed by atoms with Gasteiger partial charge in [-0.2, -0.15) is 0 Å². The standard InChI is InChI=1S/C15H22N2/c1-14(2,3)11-7-10-9-16-13(15(4,5)6)17-12(10)8-11/h7,9H,8H2,1-6H3. The van der Waals surface area contributed by atoms with E-state index in [0.717, 1.165) is 12.2 Å². The summed E-state index contributed by atoms with van der Waals surface area (Å²) < 4.78 is 0. The van der Waals surface area contributed by atoms with Crippen molar-refractivity contribution in [3.63, 3.8) is 0 Å². The first kappa shape index (κ1) is 12.3. The first-order valence-corrected chi connectivity index (χ1v) is 6.25. The van der Waals surface area contributed by atoms with Crippen LogP contribution >= 0.6 is 0 Å². The van der Waals surface area contributed by atoms with Gasteiger partial charge in [-0.1, -0.05) is 53.2 Å². The molecule has 1 aliphatic carbocycles. The molecule has 1 aromatic rings. The minimum absolute atomic E-state index is 0.0273. The predicted molar refractivity (Wildman–Crippen MR) is 71.9 cm³/mol. The maximum Gasteiger partial charge on any atom is 0.133 e. The fourth-order valence-electron chi connectivity index (χ4n) is 1.95. The first-order valence-electron chi connectivity index (χ1n) is 6.25. The summed E-state index contributed by atoms with van der Waals surface area (Å²) in [4.78, 5) is 9.21. The monoisotopic (exact) mass is 230 g/mol. The van der Waals surface area contributed by atoms with Crippen molar-refractivity contribution in [2.45, 2.75) is 53.4 Å². The largest absolute Gasteiger partial charge is 0.240 e. The summed E-state index contributed by atoms with van der Waals surface area (Å²) in [5.74, 6) is 0.944. The highest BCUT2D eigenvalue weighted by Gasteiger charge is 2.26. The SMILES string of the molecule is CC(C)(C)C1=Cc2cnc(C(C)(C)C)nc2C1. The molecule has 0 spiro atoms. The molecule has 0 unspecified atom stereocenters. The van der Waals surface area contributed by atoms with Gasteiger partial charge in [0.25, 0.3) is 0 Å². The van der Waals surface area contributed by atoms with E-state index in [1.54, 1.807) is 0 Å². The normalized spacial score (nSPS) is 15.8. The third-order valence-corrected chi connectivity index (χ3v) is 3.22. The van der Waals surface area contributed by atoms with E-state index < -0.39 is 0 Å². The summed E-state index contributed by atoms with van der Waals surface area (Å²) in [7, 11) is 0. The molecular formula is C15H22N2. The van der Waals surface area contributed by atoms with Crippen LogP contribution in [0.4, 0.5) is 0 Å². The van der Waals surface area contributed by atoms with Crippen LogP contribution in [0, 0.1) is 5.41 Å². The van der Waals surface area contributed by atoms with Crippen LogP contribution in [0.5, 0.6) is 0 Å². The van der Waals surface area contributed by atoms with Crippen molar-refractivity contribution in [3.8, 4) is 0 Å². The van der Waals surface area contributed by atoms with Crippen LogP contribution in [0.2, 0.25) is 0 Å². The Kier molecular flexibility index (Phi) is 2.64. The van der Waals surface area contributed by atoms with Gasteiger partial charge in [0.15, 0.2) is 0 Å². The third kappa shape index (κ3) is 2.41. The fourth-order valence-corrected chi connectivity index (χ4v) is 1.95. The predicted octanol–water partition coefficient (Wildman–Crippen LogP) is 3.76. The Morgan fingerprint density at radius 1 is 1.00 bits per heavy atom. The zero-order valence-corrected chi connectivity index (χ0v) is 11.8. The van der Waals surface area contributed by atoms with Gasteiger partial charge in [0.05, 0.1) is 5.69 Å². The maximum absolute atomic E-state index is 4.73. The van der Waals surface area contributed by atoms with Crippen LogP contribution in [-0.2, 0) is 11.8 Å². The molecule has 0 saturated heterocycles. The summed E-state index contributed by atoms with van der Waals surface area (Å²) in [6.07, 6.45) is 5.20. The summed E-state index contributed by atoms with van der Waals surface area (Å²) >= 11 is 0. The van der Waals surface area contributed by atoms with Gasteiger partial charge in [-0.25, -0.2) is 9.97 Å². The second kappa shape index (κ2) is 3.66. The molecule has 17 heavy (non-hydrogen) atoms. The van der Waals surface area contributed by atoms with E-state index in [1.165, 1.54) is 16.8 Å². The number of fused-ring (bicyclic) bond motifs is 1. The highest BCUT2D eigenvalue weighted by molar-refractivity contribution is 5.62. The highest BCUT2D eigenvalue weighted by atomic mass is 14.9. The Labute approximate surface area is 104 Å². The molecule has 1 heterocycles. The molecule has 92 valence electrons. The van der Waals surface area contributed by atoms with Crippen LogP contribution in [0.1, 0.15) is 58.6 Å². The Bertz CT molecular complexity index is 471. The van der Waals surface area contributed by atoms with E-state index in [-0.39, 0.29) is 10.8 Å². The van der Waals surface area contributed by atoms with E-state index in [1.807, 2.05) is 6.20 Å². The number of rotatable bonds is 0. The molecule has 1 aromatic heterocycles. The van der Waals surface area contributed by atoms with Gasteiger partial charge in [-0.3, -0.25) is 0 Å². The Hall–Kier alpha value is -1.18. The van der Waals surface area contributed by atoms with E-state index in [9.17, 15) is 0 Å². The fraction of sp³-hybridized carbons (Fsp3) is 0.600. The molecule has 0 aromatic carbocycles. The molecule has 1 aliphatic rings. The molecule has 2 rings (SSSR count). The summed E-state index contributed by atoms with van der Waals surface area (Å²) in [5, 5.41) is 0. The van der Waals surface area contributed by atoms with Crippen LogP contribution in [0.15, 0.2) is 11.8 Å². The third-order valence-electron chi connectivity index (χ3n) is 3.22. The molecular weight excluding hydrogens is 208 g/mol. The first-order chi connectivity index (χ1) is 7.68. The van der Waals surface area contributed by atoms with E-state index in [2.05, 4.69) is 52.6 Å². The smallest absolute Gasteiger partial charge is 0.133 e. The van der Waals surface area contributed by atoms with Gasteiger partial charge in [0.1, 0.15) is 5.82 Å². The van der Waals surface area contributed by atoms with Crippen LogP contribution in [0.3, 0.4) is 0 Å². The summed E-state index contributed by atoms with van der Waals surface area (Å²) in [5.41, 5.74) is 4.09. The molecule has 2 nitrogen and oxygen atoms in total. The number of aromatic nitrogens is 2. The topological polar surface area (TPSA) is 25.8 Å². The van der Waals surface area contributed by atoms with Gasteiger partial charge in [0, 0.05) is 23.6 Å². The molecule has 0 fully saturated rings. The second-order valence-electron chi connectivity index (χ2n) is 6.94. The number of hydrogen-bond acceptors (Lipinski definition) is 2. The molecule has 0 radical (unpaired) electrons. The Morgan fingerprint density at radius 3 is 2.18 bits per heavy atom. The number of hydrogen-bond donors (Lipinski definition) is 0. The highest BCUT2D eigenvalue weighted by Crippen LogP contribution is 2.35.